The summed E-state index contributed by atoms with van der Waals surface area (Å²) in [6.45, 7) is 0. The van der Waals surface area contributed by atoms with Crippen LogP contribution in [-0.2, 0) is 20.0 Å². The summed E-state index contributed by atoms with van der Waals surface area (Å²) in [7, 11) is -7.18. The lowest BCUT2D eigenvalue weighted by atomic mass is 10.2. The average molecular weight is 524 g/mol. The molecule has 0 aromatic heterocycles. The predicted molar refractivity (Wildman–Crippen MR) is 124 cm³/mol. The van der Waals surface area contributed by atoms with Crippen LogP contribution in [0.1, 0.15) is 10.4 Å². The number of carbonyl (C=O) groups is 1. The molecule has 0 unspecified atom stereocenters. The van der Waals surface area contributed by atoms with Gasteiger partial charge in [0.25, 0.3) is 15.9 Å². The van der Waals surface area contributed by atoms with Crippen LogP contribution in [0.15, 0.2) is 82.2 Å². The maximum absolute atomic E-state index is 12.5. The van der Waals surface area contributed by atoms with E-state index in [0.29, 0.717) is 22.6 Å². The highest BCUT2D eigenvalue weighted by Gasteiger charge is 2.15. The Hall–Kier alpha value is -2.89. The lowest BCUT2D eigenvalue weighted by molar-refractivity contribution is 0.102. The lowest BCUT2D eigenvalue weighted by Gasteiger charge is -2.10. The molecule has 1 amide bonds. The molecule has 31 heavy (non-hydrogen) atoms. The van der Waals surface area contributed by atoms with Crippen molar-refractivity contribution in [1.29, 1.82) is 0 Å². The number of amides is 1. The second-order valence-electron chi connectivity index (χ2n) is 6.54. The minimum atomic E-state index is -3.78. The molecule has 0 heterocycles. The minimum absolute atomic E-state index is 0.0459. The summed E-state index contributed by atoms with van der Waals surface area (Å²) in [5.41, 5.74) is 1.49. The molecule has 11 heteroatoms. The summed E-state index contributed by atoms with van der Waals surface area (Å²) >= 11 is 3.29. The number of carbonyl (C=O) groups excluding carboxylic acids is 1. The molecule has 0 aliphatic carbocycles. The van der Waals surface area contributed by atoms with E-state index in [2.05, 4.69) is 30.7 Å². The van der Waals surface area contributed by atoms with Crippen LogP contribution in [0.2, 0.25) is 0 Å². The van der Waals surface area contributed by atoms with Gasteiger partial charge in [-0.25, -0.2) is 16.8 Å². The van der Waals surface area contributed by atoms with Crippen LogP contribution >= 0.6 is 15.9 Å². The Balaban J connectivity index is 1.67. The summed E-state index contributed by atoms with van der Waals surface area (Å²) in [5, 5.41) is 2.66. The predicted octanol–water partition coefficient (Wildman–Crippen LogP) is 3.87. The van der Waals surface area contributed by atoms with E-state index in [1.54, 1.807) is 24.3 Å². The third kappa shape index (κ3) is 6.54. The van der Waals surface area contributed by atoms with Gasteiger partial charge in [0.15, 0.2) is 0 Å². The second kappa shape index (κ2) is 9.08. The third-order valence-electron chi connectivity index (χ3n) is 3.97. The van der Waals surface area contributed by atoms with Crippen LogP contribution in [0.25, 0.3) is 0 Å². The van der Waals surface area contributed by atoms with Crippen molar-refractivity contribution in [3.63, 3.8) is 0 Å². The number of halogens is 1. The quantitative estimate of drug-likeness (QED) is 0.433. The molecule has 0 saturated carbocycles. The zero-order valence-corrected chi connectivity index (χ0v) is 19.4. The van der Waals surface area contributed by atoms with E-state index in [9.17, 15) is 21.6 Å². The fourth-order valence-corrected chi connectivity index (χ4v) is 4.44. The Labute approximate surface area is 188 Å². The molecule has 0 spiro atoms. The maximum atomic E-state index is 12.5. The Morgan fingerprint density at radius 2 is 1.19 bits per heavy atom. The second-order valence-corrected chi connectivity index (χ2v) is 10.9. The monoisotopic (exact) mass is 523 g/mol. The van der Waals surface area contributed by atoms with Crippen molar-refractivity contribution in [1.82, 2.24) is 0 Å². The highest BCUT2D eigenvalue weighted by Crippen LogP contribution is 2.20. The number of hydrogen-bond donors (Lipinski definition) is 3. The molecule has 8 nitrogen and oxygen atoms in total. The molecule has 3 rings (SSSR count). The van der Waals surface area contributed by atoms with Gasteiger partial charge in [0.2, 0.25) is 10.0 Å². The van der Waals surface area contributed by atoms with Crippen LogP contribution in [-0.4, -0.2) is 29.0 Å². The van der Waals surface area contributed by atoms with E-state index >= 15 is 0 Å². The molecule has 0 fully saturated rings. The highest BCUT2D eigenvalue weighted by molar-refractivity contribution is 9.10. The van der Waals surface area contributed by atoms with E-state index < -0.39 is 26.0 Å². The van der Waals surface area contributed by atoms with E-state index in [1.165, 1.54) is 48.5 Å². The summed E-state index contributed by atoms with van der Waals surface area (Å²) < 4.78 is 53.1. The number of nitrogens with one attached hydrogen (secondary N) is 3. The molecule has 0 atom stereocenters. The van der Waals surface area contributed by atoms with E-state index in [-0.39, 0.29) is 4.90 Å². The normalized spacial score (nSPS) is 11.5. The van der Waals surface area contributed by atoms with Crippen molar-refractivity contribution in [3.05, 3.63) is 82.8 Å². The molecular formula is C20H18BrN3O5S2. The first kappa shape index (κ1) is 22.8. The van der Waals surface area contributed by atoms with Gasteiger partial charge in [-0.3, -0.25) is 14.2 Å². The van der Waals surface area contributed by atoms with Crippen LogP contribution < -0.4 is 14.8 Å². The summed E-state index contributed by atoms with van der Waals surface area (Å²) in [5.74, 6) is -0.422. The Bertz CT molecular complexity index is 1290. The van der Waals surface area contributed by atoms with E-state index in [0.717, 1.165) is 10.7 Å². The van der Waals surface area contributed by atoms with Gasteiger partial charge in [0.1, 0.15) is 0 Å². The van der Waals surface area contributed by atoms with E-state index in [4.69, 9.17) is 0 Å². The zero-order chi connectivity index (χ0) is 22.6. The van der Waals surface area contributed by atoms with Crippen molar-refractivity contribution in [2.45, 2.75) is 4.90 Å². The van der Waals surface area contributed by atoms with Crippen LogP contribution in [0.3, 0.4) is 0 Å². The Morgan fingerprint density at radius 1 is 0.710 bits per heavy atom. The summed E-state index contributed by atoms with van der Waals surface area (Å²) in [6, 6.07) is 18.3. The van der Waals surface area contributed by atoms with Gasteiger partial charge >= 0.3 is 0 Å². The van der Waals surface area contributed by atoms with Crippen LogP contribution in [0, 0.1) is 0 Å². The number of hydrogen-bond acceptors (Lipinski definition) is 5. The topological polar surface area (TPSA) is 121 Å². The van der Waals surface area contributed by atoms with Crippen molar-refractivity contribution < 1.29 is 21.6 Å². The smallest absolute Gasteiger partial charge is 0.261 e. The highest BCUT2D eigenvalue weighted by atomic mass is 79.9. The number of benzene rings is 3. The largest absolute Gasteiger partial charge is 0.322 e. The molecule has 3 aromatic carbocycles. The molecule has 0 radical (unpaired) electrons. The number of anilines is 3. The maximum Gasteiger partial charge on any atom is 0.261 e. The Morgan fingerprint density at radius 3 is 1.74 bits per heavy atom. The summed E-state index contributed by atoms with van der Waals surface area (Å²) in [4.78, 5) is 12.4. The first-order valence-electron chi connectivity index (χ1n) is 8.79. The summed E-state index contributed by atoms with van der Waals surface area (Å²) in [6.07, 6.45) is 1.03. The molecule has 3 aromatic rings. The van der Waals surface area contributed by atoms with Crippen LogP contribution in [0.4, 0.5) is 17.1 Å². The van der Waals surface area contributed by atoms with Gasteiger partial charge in [-0.1, -0.05) is 15.9 Å². The standard InChI is InChI=1S/C20H18BrN3O5S2/c1-30(26,27)23-17-6-2-14(3-7-17)20(25)22-16-10-12-19(13-11-16)31(28,29)24-18-8-4-15(21)5-9-18/h2-13,23-24H,1H3,(H,22,25). The molecule has 0 saturated heterocycles. The van der Waals surface area contributed by atoms with E-state index in [1.807, 2.05) is 0 Å². The molecule has 162 valence electrons. The fourth-order valence-electron chi connectivity index (χ4n) is 2.56. The van der Waals surface area contributed by atoms with Crippen molar-refractivity contribution in [3.8, 4) is 0 Å². The zero-order valence-electron chi connectivity index (χ0n) is 16.2. The SMILES string of the molecule is CS(=O)(=O)Nc1ccc(C(=O)Nc2ccc(S(=O)(=O)Nc3ccc(Br)cc3)cc2)cc1. The third-order valence-corrected chi connectivity index (χ3v) is 6.50. The van der Waals surface area contributed by atoms with Gasteiger partial charge in [-0.05, 0) is 72.8 Å². The first-order chi connectivity index (χ1) is 14.5. The van der Waals surface area contributed by atoms with Gasteiger partial charge in [0, 0.05) is 27.1 Å². The number of rotatable bonds is 7. The van der Waals surface area contributed by atoms with Gasteiger partial charge < -0.3 is 5.32 Å². The lowest BCUT2D eigenvalue weighted by Crippen LogP contribution is -2.14. The van der Waals surface area contributed by atoms with Crippen molar-refractivity contribution >= 4 is 58.9 Å². The fraction of sp³-hybridized carbons (Fsp3) is 0.0500. The van der Waals surface area contributed by atoms with Crippen molar-refractivity contribution in [2.24, 2.45) is 0 Å². The van der Waals surface area contributed by atoms with Crippen LogP contribution in [0.5, 0.6) is 0 Å². The molecule has 3 N–H and O–H groups in total. The number of sulfonamides is 2. The molecule has 0 aliphatic heterocycles. The first-order valence-corrected chi connectivity index (χ1v) is 13.0. The van der Waals surface area contributed by atoms with Gasteiger partial charge in [0.05, 0.1) is 11.2 Å². The average Bonchev–Trinajstić information content (AvgIpc) is 2.69. The Kier molecular flexibility index (Phi) is 6.68. The van der Waals surface area contributed by atoms with Gasteiger partial charge in [-0.2, -0.15) is 0 Å². The van der Waals surface area contributed by atoms with Gasteiger partial charge in [-0.15, -0.1) is 0 Å². The molecule has 0 bridgehead atoms. The minimum Gasteiger partial charge on any atom is -0.322 e. The molecule has 0 aliphatic rings. The van der Waals surface area contributed by atoms with Crippen molar-refractivity contribution in [2.75, 3.05) is 21.0 Å². The molecular weight excluding hydrogens is 506 g/mol.